The number of aromatic nitrogens is 3. The number of ether oxygens (including phenoxy) is 1. The Bertz CT molecular complexity index is 1760. The summed E-state index contributed by atoms with van der Waals surface area (Å²) >= 11 is 7.18. The molecule has 0 aliphatic heterocycles. The number of benzene rings is 4. The molecule has 0 bridgehead atoms. The summed E-state index contributed by atoms with van der Waals surface area (Å²) < 4.78 is 35.8. The molecule has 214 valence electrons. The zero-order valence-corrected chi connectivity index (χ0v) is 24.8. The van der Waals surface area contributed by atoms with E-state index in [2.05, 4.69) is 20.2 Å². The molecule has 0 aliphatic carbocycles. The van der Waals surface area contributed by atoms with Gasteiger partial charge in [0.2, 0.25) is 5.91 Å². The van der Waals surface area contributed by atoms with Crippen LogP contribution in [0.1, 0.15) is 11.4 Å². The van der Waals surface area contributed by atoms with Gasteiger partial charge in [-0.25, -0.2) is 8.42 Å². The van der Waals surface area contributed by atoms with E-state index in [1.165, 1.54) is 23.9 Å². The van der Waals surface area contributed by atoms with Crippen molar-refractivity contribution < 1.29 is 17.9 Å². The molecular weight excluding hydrogens is 594 g/mol. The monoisotopic (exact) mass is 619 g/mol. The van der Waals surface area contributed by atoms with E-state index in [1.54, 1.807) is 48.5 Å². The molecule has 5 rings (SSSR count). The highest BCUT2D eigenvalue weighted by Gasteiger charge is 2.18. The molecule has 0 radical (unpaired) electrons. The van der Waals surface area contributed by atoms with Gasteiger partial charge in [0, 0.05) is 22.1 Å². The molecule has 9 nitrogen and oxygen atoms in total. The second-order valence-electron chi connectivity index (χ2n) is 9.15. The molecule has 1 amide bonds. The molecule has 0 aliphatic rings. The summed E-state index contributed by atoms with van der Waals surface area (Å²) in [5.74, 6) is 0.975. The number of halogens is 1. The quantitative estimate of drug-likeness (QED) is 0.166. The van der Waals surface area contributed by atoms with E-state index < -0.39 is 10.0 Å². The van der Waals surface area contributed by atoms with Crippen molar-refractivity contribution in [1.29, 1.82) is 0 Å². The smallest absolute Gasteiger partial charge is 0.261 e. The van der Waals surface area contributed by atoms with Gasteiger partial charge in [-0.05, 0) is 79.7 Å². The Balaban J connectivity index is 1.22. The third-order valence-corrected chi connectivity index (χ3v) is 8.56. The molecule has 0 saturated carbocycles. The lowest BCUT2D eigenvalue weighted by Gasteiger charge is -2.11. The van der Waals surface area contributed by atoms with Gasteiger partial charge < -0.3 is 10.1 Å². The van der Waals surface area contributed by atoms with E-state index in [-0.39, 0.29) is 23.2 Å². The van der Waals surface area contributed by atoms with Crippen LogP contribution in [0.2, 0.25) is 5.02 Å². The third kappa shape index (κ3) is 7.49. The number of para-hydroxylation sites is 1. The first-order valence-corrected chi connectivity index (χ1v) is 15.6. The van der Waals surface area contributed by atoms with E-state index in [0.717, 1.165) is 11.3 Å². The van der Waals surface area contributed by atoms with Gasteiger partial charge in [-0.1, -0.05) is 59.3 Å². The number of hydrogen-bond acceptors (Lipinski definition) is 7. The average molecular weight is 620 g/mol. The molecule has 2 N–H and O–H groups in total. The van der Waals surface area contributed by atoms with Crippen molar-refractivity contribution in [3.63, 3.8) is 0 Å². The lowest BCUT2D eigenvalue weighted by molar-refractivity contribution is -0.113. The number of carbonyl (C=O) groups excluding carboxylic acids is 1. The number of nitrogens with one attached hydrogen (secondary N) is 2. The van der Waals surface area contributed by atoms with Crippen molar-refractivity contribution in [1.82, 2.24) is 14.8 Å². The minimum Gasteiger partial charge on any atom is -0.486 e. The van der Waals surface area contributed by atoms with Gasteiger partial charge in [-0.2, -0.15) is 0 Å². The number of rotatable bonds is 11. The van der Waals surface area contributed by atoms with Crippen molar-refractivity contribution >= 4 is 50.7 Å². The lowest BCUT2D eigenvalue weighted by atomic mass is 10.2. The Morgan fingerprint density at radius 2 is 1.55 bits per heavy atom. The lowest BCUT2D eigenvalue weighted by Crippen LogP contribution is -2.16. The van der Waals surface area contributed by atoms with Gasteiger partial charge in [-0.3, -0.25) is 14.1 Å². The molecule has 1 aromatic heterocycles. The summed E-state index contributed by atoms with van der Waals surface area (Å²) in [5, 5.41) is 12.5. The van der Waals surface area contributed by atoms with Crippen LogP contribution in [0, 0.1) is 6.92 Å². The van der Waals surface area contributed by atoms with Crippen LogP contribution in [0.5, 0.6) is 5.75 Å². The van der Waals surface area contributed by atoms with Gasteiger partial charge in [0.05, 0.1) is 10.6 Å². The molecule has 0 atom stereocenters. The largest absolute Gasteiger partial charge is 0.486 e. The van der Waals surface area contributed by atoms with Crippen LogP contribution in [0.15, 0.2) is 113 Å². The maximum absolute atomic E-state index is 12.8. The predicted molar refractivity (Wildman–Crippen MR) is 165 cm³/mol. The number of sulfonamides is 1. The summed E-state index contributed by atoms with van der Waals surface area (Å²) in [6, 6.07) is 29.6. The topological polar surface area (TPSA) is 115 Å². The predicted octanol–water partition coefficient (Wildman–Crippen LogP) is 6.34. The van der Waals surface area contributed by atoms with Crippen LogP contribution in [0.4, 0.5) is 11.4 Å². The van der Waals surface area contributed by atoms with E-state index >= 15 is 0 Å². The molecule has 12 heteroatoms. The number of hydrogen-bond donors (Lipinski definition) is 2. The summed E-state index contributed by atoms with van der Waals surface area (Å²) in [7, 11) is -3.77. The van der Waals surface area contributed by atoms with Crippen LogP contribution in [-0.4, -0.2) is 34.8 Å². The average Bonchev–Trinajstić information content (AvgIpc) is 3.40. The minimum absolute atomic E-state index is 0.0536. The van der Waals surface area contributed by atoms with Crippen LogP contribution >= 0.6 is 23.4 Å². The van der Waals surface area contributed by atoms with Gasteiger partial charge >= 0.3 is 0 Å². The van der Waals surface area contributed by atoms with E-state index in [1.807, 2.05) is 54.0 Å². The summed E-state index contributed by atoms with van der Waals surface area (Å²) in [6.45, 7) is 2.08. The summed E-state index contributed by atoms with van der Waals surface area (Å²) in [6.07, 6.45) is 0. The molecule has 5 aromatic rings. The number of amides is 1. The fourth-order valence-corrected chi connectivity index (χ4v) is 5.84. The number of nitrogens with zero attached hydrogens (tertiary/aromatic N) is 3. The Hall–Kier alpha value is -4.32. The third-order valence-electron chi connectivity index (χ3n) is 5.98. The first kappa shape index (κ1) is 29.2. The maximum Gasteiger partial charge on any atom is 0.261 e. The second-order valence-corrected chi connectivity index (χ2v) is 12.2. The number of anilines is 2. The molecule has 42 heavy (non-hydrogen) atoms. The van der Waals surface area contributed by atoms with Crippen molar-refractivity contribution in [2.45, 2.75) is 23.6 Å². The van der Waals surface area contributed by atoms with Crippen LogP contribution in [-0.2, 0) is 21.4 Å². The fraction of sp³-hybridized carbons (Fsp3) is 0.100. The highest BCUT2D eigenvalue weighted by atomic mass is 35.5. The second kappa shape index (κ2) is 13.1. The number of carbonyl (C=O) groups is 1. The summed E-state index contributed by atoms with van der Waals surface area (Å²) in [5.41, 5.74) is 2.80. The van der Waals surface area contributed by atoms with Crippen molar-refractivity contribution in [2.75, 3.05) is 15.8 Å². The molecule has 0 fully saturated rings. The van der Waals surface area contributed by atoms with E-state index in [4.69, 9.17) is 16.3 Å². The molecule has 1 heterocycles. The molecule has 0 spiro atoms. The van der Waals surface area contributed by atoms with Crippen LogP contribution < -0.4 is 14.8 Å². The zero-order valence-electron chi connectivity index (χ0n) is 22.4. The molecule has 0 unspecified atom stereocenters. The standard InChI is InChI=1S/C30H26ClN5O4S2/c1-21-7-11-24(12-8-21)35-42(38,39)27-17-13-23(14-18-27)32-29(37)20-41-30-34-33-28(36(30)25-5-3-2-4-6-25)19-40-26-15-9-22(31)10-16-26/h2-18,35H,19-20H2,1H3,(H,32,37). The molecule has 0 saturated heterocycles. The minimum atomic E-state index is -3.77. The van der Waals surface area contributed by atoms with Gasteiger partial charge in [0.1, 0.15) is 12.4 Å². The highest BCUT2D eigenvalue weighted by molar-refractivity contribution is 7.99. The van der Waals surface area contributed by atoms with Crippen LogP contribution in [0.25, 0.3) is 5.69 Å². The highest BCUT2D eigenvalue weighted by Crippen LogP contribution is 2.24. The SMILES string of the molecule is Cc1ccc(NS(=O)(=O)c2ccc(NC(=O)CSc3nnc(COc4ccc(Cl)cc4)n3-c3ccccc3)cc2)cc1. The van der Waals surface area contributed by atoms with Crippen LogP contribution in [0.3, 0.4) is 0 Å². The van der Waals surface area contributed by atoms with Crippen molar-refractivity contribution in [3.8, 4) is 11.4 Å². The van der Waals surface area contributed by atoms with Gasteiger partial charge in [0.25, 0.3) is 10.0 Å². The first-order chi connectivity index (χ1) is 20.3. The van der Waals surface area contributed by atoms with Gasteiger partial charge in [0.15, 0.2) is 11.0 Å². The number of thioether (sulfide) groups is 1. The number of aryl methyl sites for hydroxylation is 1. The first-order valence-electron chi connectivity index (χ1n) is 12.8. The normalized spacial score (nSPS) is 11.2. The Morgan fingerprint density at radius 1 is 0.881 bits per heavy atom. The fourth-order valence-electron chi connectivity index (χ4n) is 3.88. The van der Waals surface area contributed by atoms with E-state index in [0.29, 0.717) is 33.1 Å². The molecule has 4 aromatic carbocycles. The van der Waals surface area contributed by atoms with E-state index in [9.17, 15) is 13.2 Å². The maximum atomic E-state index is 12.8. The Labute approximate surface area is 253 Å². The van der Waals surface area contributed by atoms with Crippen molar-refractivity contribution in [2.24, 2.45) is 0 Å². The Kier molecular flexibility index (Phi) is 9.11. The van der Waals surface area contributed by atoms with Crippen molar-refractivity contribution in [3.05, 3.63) is 120 Å². The zero-order chi connectivity index (χ0) is 29.5. The summed E-state index contributed by atoms with van der Waals surface area (Å²) in [4.78, 5) is 12.9. The van der Waals surface area contributed by atoms with Gasteiger partial charge in [-0.15, -0.1) is 10.2 Å². The molecular formula is C30H26ClN5O4S2. The Morgan fingerprint density at radius 3 is 2.24 bits per heavy atom.